The molecule has 112 valence electrons. The number of rotatable bonds is 5. The molecule has 1 heterocycles. The van der Waals surface area contributed by atoms with Crippen LogP contribution in [-0.2, 0) is 19.6 Å². The first-order valence-electron chi connectivity index (χ1n) is 5.55. The number of carboxylic acids is 1. The molecule has 0 radical (unpaired) electrons. The van der Waals surface area contributed by atoms with Crippen molar-refractivity contribution in [3.63, 3.8) is 0 Å². The number of methoxy groups -OCH3 is 1. The first kappa shape index (κ1) is 16.2. The van der Waals surface area contributed by atoms with E-state index in [9.17, 15) is 18.0 Å². The summed E-state index contributed by atoms with van der Waals surface area (Å²) in [6.45, 7) is 3.96. The van der Waals surface area contributed by atoms with Crippen molar-refractivity contribution >= 4 is 22.0 Å². The molecule has 0 amide bonds. The third-order valence-corrected chi connectivity index (χ3v) is 4.27. The van der Waals surface area contributed by atoms with Gasteiger partial charge >= 0.3 is 11.9 Å². The Morgan fingerprint density at radius 1 is 1.30 bits per heavy atom. The van der Waals surface area contributed by atoms with Gasteiger partial charge in [0.2, 0.25) is 10.0 Å². The van der Waals surface area contributed by atoms with Gasteiger partial charge in [0.1, 0.15) is 28.0 Å². The quantitative estimate of drug-likeness (QED) is 0.756. The number of aromatic carboxylic acids is 1. The number of nitrogens with one attached hydrogen (secondary N) is 1. The van der Waals surface area contributed by atoms with Gasteiger partial charge in [-0.25, -0.2) is 13.2 Å². The van der Waals surface area contributed by atoms with Gasteiger partial charge in [-0.2, -0.15) is 4.72 Å². The summed E-state index contributed by atoms with van der Waals surface area (Å²) in [6.07, 6.45) is 0. The summed E-state index contributed by atoms with van der Waals surface area (Å²) in [6, 6.07) is -1.15. The van der Waals surface area contributed by atoms with E-state index in [-0.39, 0.29) is 11.5 Å². The Bertz CT molecular complexity index is 644. The Kier molecular flexibility index (Phi) is 4.56. The van der Waals surface area contributed by atoms with Crippen molar-refractivity contribution in [2.75, 3.05) is 7.11 Å². The van der Waals surface area contributed by atoms with Gasteiger partial charge in [0.05, 0.1) is 7.11 Å². The number of hydrogen-bond donors (Lipinski definition) is 2. The van der Waals surface area contributed by atoms with Crippen LogP contribution >= 0.6 is 0 Å². The van der Waals surface area contributed by atoms with Gasteiger partial charge in [0.25, 0.3) is 0 Å². The number of sulfonamides is 1. The van der Waals surface area contributed by atoms with Crippen LogP contribution in [0.3, 0.4) is 0 Å². The normalized spacial score (nSPS) is 13.0. The van der Waals surface area contributed by atoms with Crippen LogP contribution in [0.5, 0.6) is 0 Å². The maximum Gasteiger partial charge on any atom is 0.340 e. The number of furan rings is 1. The number of hydrogen-bond acceptors (Lipinski definition) is 6. The highest BCUT2D eigenvalue weighted by Crippen LogP contribution is 2.26. The molecule has 1 atom stereocenters. The number of ether oxygens (including phenoxy) is 1. The van der Waals surface area contributed by atoms with E-state index in [1.807, 2.05) is 4.72 Å². The highest BCUT2D eigenvalue weighted by molar-refractivity contribution is 7.89. The maximum atomic E-state index is 12.2. The van der Waals surface area contributed by atoms with Crippen LogP contribution in [0.15, 0.2) is 9.31 Å². The van der Waals surface area contributed by atoms with Crippen LogP contribution in [0.1, 0.15) is 28.8 Å². The average molecular weight is 305 g/mol. The molecule has 9 heteroatoms. The molecule has 0 aliphatic heterocycles. The minimum atomic E-state index is -4.23. The van der Waals surface area contributed by atoms with E-state index in [1.54, 1.807) is 0 Å². The lowest BCUT2D eigenvalue weighted by molar-refractivity contribution is -0.142. The van der Waals surface area contributed by atoms with Crippen LogP contribution in [0.4, 0.5) is 0 Å². The number of carboxylic acid groups (broad SMARTS) is 1. The van der Waals surface area contributed by atoms with E-state index in [1.165, 1.54) is 20.8 Å². The van der Waals surface area contributed by atoms with E-state index >= 15 is 0 Å². The highest BCUT2D eigenvalue weighted by atomic mass is 32.2. The molecular weight excluding hydrogens is 290 g/mol. The lowest BCUT2D eigenvalue weighted by atomic mass is 10.2. The average Bonchev–Trinajstić information content (AvgIpc) is 2.63. The molecule has 1 unspecified atom stereocenters. The largest absolute Gasteiger partial charge is 0.478 e. The molecule has 20 heavy (non-hydrogen) atoms. The van der Waals surface area contributed by atoms with Gasteiger partial charge in [-0.1, -0.05) is 0 Å². The lowest BCUT2D eigenvalue weighted by Crippen LogP contribution is -2.39. The summed E-state index contributed by atoms with van der Waals surface area (Å²) in [5.41, 5.74) is -0.452. The predicted molar refractivity (Wildman–Crippen MR) is 66.9 cm³/mol. The van der Waals surface area contributed by atoms with Crippen molar-refractivity contribution in [2.45, 2.75) is 31.7 Å². The second-order valence-corrected chi connectivity index (χ2v) is 5.74. The molecule has 1 rings (SSSR count). The van der Waals surface area contributed by atoms with Crippen molar-refractivity contribution in [3.05, 3.63) is 17.1 Å². The lowest BCUT2D eigenvalue weighted by Gasteiger charge is -2.12. The monoisotopic (exact) mass is 305 g/mol. The molecule has 0 aliphatic carbocycles. The number of esters is 1. The zero-order valence-electron chi connectivity index (χ0n) is 11.4. The second kappa shape index (κ2) is 5.63. The van der Waals surface area contributed by atoms with E-state index in [0.29, 0.717) is 0 Å². The smallest absolute Gasteiger partial charge is 0.340 e. The Hall–Kier alpha value is -1.87. The van der Waals surface area contributed by atoms with E-state index in [0.717, 1.165) is 7.11 Å². The van der Waals surface area contributed by atoms with Crippen molar-refractivity contribution in [3.8, 4) is 0 Å². The van der Waals surface area contributed by atoms with Gasteiger partial charge < -0.3 is 14.3 Å². The molecule has 0 aromatic carbocycles. The third-order valence-electron chi connectivity index (χ3n) is 2.57. The fraction of sp³-hybridized carbons (Fsp3) is 0.455. The highest BCUT2D eigenvalue weighted by Gasteiger charge is 2.33. The Balaban J connectivity index is 3.30. The van der Waals surface area contributed by atoms with Crippen LogP contribution in [0.2, 0.25) is 0 Å². The van der Waals surface area contributed by atoms with Gasteiger partial charge in [-0.05, 0) is 20.8 Å². The predicted octanol–water partition coefficient (Wildman–Crippen LogP) is 0.434. The molecule has 0 fully saturated rings. The van der Waals surface area contributed by atoms with Crippen LogP contribution in [-0.4, -0.2) is 38.6 Å². The Morgan fingerprint density at radius 2 is 1.85 bits per heavy atom. The summed E-state index contributed by atoms with van der Waals surface area (Å²) in [5.74, 6) is -2.31. The minimum absolute atomic E-state index is 0.0268. The van der Waals surface area contributed by atoms with E-state index in [2.05, 4.69) is 4.74 Å². The fourth-order valence-electron chi connectivity index (χ4n) is 1.75. The van der Waals surface area contributed by atoms with Crippen LogP contribution in [0, 0.1) is 13.8 Å². The second-order valence-electron chi connectivity index (χ2n) is 4.09. The molecule has 8 nitrogen and oxygen atoms in total. The number of carbonyl (C=O) groups excluding carboxylic acids is 1. The topological polar surface area (TPSA) is 123 Å². The zero-order chi connectivity index (χ0) is 15.7. The molecule has 1 aromatic heterocycles. The van der Waals surface area contributed by atoms with Crippen LogP contribution < -0.4 is 4.72 Å². The van der Waals surface area contributed by atoms with Crippen molar-refractivity contribution in [1.82, 2.24) is 4.72 Å². The Labute approximate surface area is 115 Å². The molecule has 2 N–H and O–H groups in total. The van der Waals surface area contributed by atoms with E-state index < -0.39 is 38.5 Å². The molecule has 1 aromatic rings. The van der Waals surface area contributed by atoms with Crippen molar-refractivity contribution in [1.29, 1.82) is 0 Å². The van der Waals surface area contributed by atoms with Gasteiger partial charge in [-0.3, -0.25) is 4.79 Å². The number of carbonyl (C=O) groups is 2. The third kappa shape index (κ3) is 2.99. The minimum Gasteiger partial charge on any atom is -0.478 e. The van der Waals surface area contributed by atoms with Crippen molar-refractivity contribution < 1.29 is 32.3 Å². The Morgan fingerprint density at radius 3 is 2.30 bits per heavy atom. The first-order valence-corrected chi connectivity index (χ1v) is 7.03. The molecule has 0 bridgehead atoms. The van der Waals surface area contributed by atoms with Gasteiger partial charge in [-0.15, -0.1) is 0 Å². The summed E-state index contributed by atoms with van der Waals surface area (Å²) in [5, 5.41) is 9.07. The molecule has 0 aliphatic rings. The molecular formula is C11H15NO7S. The summed E-state index contributed by atoms with van der Waals surface area (Å²) in [4.78, 5) is 21.9. The standard InChI is InChI=1S/C11H15NO7S/c1-5(11(15)18-4)12-20(16,17)9-7(3)19-6(2)8(9)10(13)14/h5,12H,1-4H3,(H,13,14). The zero-order valence-corrected chi connectivity index (χ0v) is 12.2. The first-order chi connectivity index (χ1) is 9.11. The van der Waals surface area contributed by atoms with Gasteiger partial charge in [0, 0.05) is 0 Å². The van der Waals surface area contributed by atoms with E-state index in [4.69, 9.17) is 9.52 Å². The van der Waals surface area contributed by atoms with Crippen molar-refractivity contribution in [2.24, 2.45) is 0 Å². The SMILES string of the molecule is COC(=O)C(C)NS(=O)(=O)c1c(C)oc(C)c1C(=O)O. The maximum absolute atomic E-state index is 12.2. The summed E-state index contributed by atoms with van der Waals surface area (Å²) >= 11 is 0. The van der Waals surface area contributed by atoms with Gasteiger partial charge in [0.15, 0.2) is 0 Å². The summed E-state index contributed by atoms with van der Waals surface area (Å²) < 4.78 is 35.9. The summed E-state index contributed by atoms with van der Waals surface area (Å²) in [7, 11) is -3.11. The fourth-order valence-corrected chi connectivity index (χ4v) is 3.35. The van der Waals surface area contributed by atoms with Crippen LogP contribution in [0.25, 0.3) is 0 Å². The number of aryl methyl sites for hydroxylation is 2. The molecule has 0 saturated carbocycles. The molecule has 0 spiro atoms. The molecule has 0 saturated heterocycles.